The molecule has 17 heavy (non-hydrogen) atoms. The second-order valence-corrected chi connectivity index (χ2v) is 5.33. The fourth-order valence-corrected chi connectivity index (χ4v) is 2.24. The largest absolute Gasteiger partial charge is 0.376 e. The van der Waals surface area contributed by atoms with Crippen molar-refractivity contribution < 1.29 is 9.53 Å². The second kappa shape index (κ2) is 5.38. The molecule has 0 radical (unpaired) electrons. The predicted molar refractivity (Wildman–Crippen MR) is 70.4 cm³/mol. The normalized spacial score (nSPS) is 23.7. The van der Waals surface area contributed by atoms with Crippen LogP contribution < -0.4 is 5.32 Å². The van der Waals surface area contributed by atoms with Crippen LogP contribution in [0.1, 0.15) is 23.7 Å². The van der Waals surface area contributed by atoms with Gasteiger partial charge in [0.2, 0.25) is 0 Å². The molecule has 2 rings (SSSR count). The molecule has 1 N–H and O–H groups in total. The second-order valence-electron chi connectivity index (χ2n) is 4.07. The van der Waals surface area contributed by atoms with Crippen LogP contribution in [0.3, 0.4) is 0 Å². The van der Waals surface area contributed by atoms with E-state index in [4.69, 9.17) is 16.3 Å². The first-order valence-electron chi connectivity index (χ1n) is 5.45. The van der Waals surface area contributed by atoms with E-state index in [1.54, 1.807) is 18.2 Å². The summed E-state index contributed by atoms with van der Waals surface area (Å²) in [6.07, 6.45) is 0.932. The maximum atomic E-state index is 12.0. The van der Waals surface area contributed by atoms with Gasteiger partial charge in [-0.2, -0.15) is 0 Å². The lowest BCUT2D eigenvalue weighted by atomic mass is 10.1. The summed E-state index contributed by atoms with van der Waals surface area (Å²) in [5.74, 6) is -0.109. The van der Waals surface area contributed by atoms with E-state index in [2.05, 4.69) is 21.2 Å². The zero-order valence-electron chi connectivity index (χ0n) is 9.37. The Morgan fingerprint density at radius 2 is 2.35 bits per heavy atom. The Bertz CT molecular complexity index is 439. The standard InChI is InChI=1S/C12H13BrClNO2/c1-7-11(4-5-17-7)15-12(16)8-2-3-9(13)10(14)6-8/h2-3,6-7,11H,4-5H2,1H3,(H,15,16). The molecule has 1 amide bonds. The molecular formula is C12H13BrClNO2. The Labute approximate surface area is 114 Å². The van der Waals surface area contributed by atoms with Crippen LogP contribution >= 0.6 is 27.5 Å². The Kier molecular flexibility index (Phi) is 4.07. The van der Waals surface area contributed by atoms with Gasteiger partial charge in [0.25, 0.3) is 5.91 Å². The molecule has 0 aliphatic carbocycles. The molecule has 2 unspecified atom stereocenters. The molecule has 1 aromatic rings. The molecule has 1 aliphatic heterocycles. The summed E-state index contributed by atoms with van der Waals surface area (Å²) in [6, 6.07) is 5.25. The van der Waals surface area contributed by atoms with Gasteiger partial charge in [-0.1, -0.05) is 11.6 Å². The zero-order valence-corrected chi connectivity index (χ0v) is 11.7. The van der Waals surface area contributed by atoms with E-state index in [9.17, 15) is 4.79 Å². The summed E-state index contributed by atoms with van der Waals surface area (Å²) >= 11 is 9.24. The van der Waals surface area contributed by atoms with Gasteiger partial charge in [-0.25, -0.2) is 0 Å². The molecule has 0 spiro atoms. The lowest BCUT2D eigenvalue weighted by molar-refractivity contribution is 0.0866. The van der Waals surface area contributed by atoms with E-state index >= 15 is 0 Å². The van der Waals surface area contributed by atoms with Crippen molar-refractivity contribution in [1.82, 2.24) is 5.32 Å². The van der Waals surface area contributed by atoms with Gasteiger partial charge >= 0.3 is 0 Å². The number of halogens is 2. The van der Waals surface area contributed by atoms with E-state index in [0.29, 0.717) is 17.2 Å². The summed E-state index contributed by atoms with van der Waals surface area (Å²) in [7, 11) is 0. The van der Waals surface area contributed by atoms with Crippen molar-refractivity contribution in [2.75, 3.05) is 6.61 Å². The molecule has 0 aromatic heterocycles. The van der Waals surface area contributed by atoms with Crippen LogP contribution in [0.15, 0.2) is 22.7 Å². The van der Waals surface area contributed by atoms with Crippen molar-refractivity contribution in [3.8, 4) is 0 Å². The number of rotatable bonds is 2. The van der Waals surface area contributed by atoms with Crippen molar-refractivity contribution >= 4 is 33.4 Å². The van der Waals surface area contributed by atoms with Gasteiger partial charge in [0.05, 0.1) is 17.2 Å². The van der Waals surface area contributed by atoms with Gasteiger partial charge in [0.1, 0.15) is 0 Å². The molecular weight excluding hydrogens is 305 g/mol. The smallest absolute Gasteiger partial charge is 0.251 e. The van der Waals surface area contributed by atoms with E-state index in [0.717, 1.165) is 10.9 Å². The molecule has 1 fully saturated rings. The van der Waals surface area contributed by atoms with E-state index in [-0.39, 0.29) is 18.1 Å². The molecule has 1 heterocycles. The number of benzene rings is 1. The van der Waals surface area contributed by atoms with Gasteiger partial charge in [-0.15, -0.1) is 0 Å². The molecule has 92 valence electrons. The molecule has 0 bridgehead atoms. The average molecular weight is 319 g/mol. The number of carbonyl (C=O) groups is 1. The Hall–Kier alpha value is -0.580. The summed E-state index contributed by atoms with van der Waals surface area (Å²) in [5.41, 5.74) is 0.567. The molecule has 1 aliphatic rings. The number of hydrogen-bond donors (Lipinski definition) is 1. The Balaban J connectivity index is 2.06. The van der Waals surface area contributed by atoms with Crippen LogP contribution in [0.4, 0.5) is 0 Å². The Morgan fingerprint density at radius 1 is 1.59 bits per heavy atom. The van der Waals surface area contributed by atoms with Gasteiger partial charge in [-0.3, -0.25) is 4.79 Å². The van der Waals surface area contributed by atoms with Crippen LogP contribution in [-0.2, 0) is 4.74 Å². The van der Waals surface area contributed by atoms with E-state index in [1.807, 2.05) is 6.92 Å². The lowest BCUT2D eigenvalue weighted by Gasteiger charge is -2.16. The van der Waals surface area contributed by atoms with Crippen molar-refractivity contribution in [2.24, 2.45) is 0 Å². The lowest BCUT2D eigenvalue weighted by Crippen LogP contribution is -2.39. The van der Waals surface area contributed by atoms with Crippen LogP contribution in [0.2, 0.25) is 5.02 Å². The summed E-state index contributed by atoms with van der Waals surface area (Å²) < 4.78 is 6.18. The minimum Gasteiger partial charge on any atom is -0.376 e. The molecule has 3 nitrogen and oxygen atoms in total. The van der Waals surface area contributed by atoms with Gasteiger partial charge < -0.3 is 10.1 Å². The van der Waals surface area contributed by atoms with Crippen LogP contribution in [0.5, 0.6) is 0 Å². The first-order valence-corrected chi connectivity index (χ1v) is 6.62. The summed E-state index contributed by atoms with van der Waals surface area (Å²) in [6.45, 7) is 2.67. The molecule has 2 atom stereocenters. The SMILES string of the molecule is CC1OCCC1NC(=O)c1ccc(Br)c(Cl)c1. The predicted octanol–water partition coefficient (Wildman–Crippen LogP) is 3.01. The number of nitrogens with one attached hydrogen (secondary N) is 1. The number of ether oxygens (including phenoxy) is 1. The highest BCUT2D eigenvalue weighted by Crippen LogP contribution is 2.23. The van der Waals surface area contributed by atoms with Crippen LogP contribution in [0, 0.1) is 0 Å². The van der Waals surface area contributed by atoms with Crippen molar-refractivity contribution in [1.29, 1.82) is 0 Å². The highest BCUT2D eigenvalue weighted by molar-refractivity contribution is 9.10. The summed E-state index contributed by atoms with van der Waals surface area (Å²) in [5, 5.41) is 3.49. The third-order valence-electron chi connectivity index (χ3n) is 2.87. The topological polar surface area (TPSA) is 38.3 Å². The summed E-state index contributed by atoms with van der Waals surface area (Å²) in [4.78, 5) is 12.0. The van der Waals surface area contributed by atoms with Crippen molar-refractivity contribution in [2.45, 2.75) is 25.5 Å². The maximum absolute atomic E-state index is 12.0. The number of hydrogen-bond acceptors (Lipinski definition) is 2. The first-order chi connectivity index (χ1) is 8.08. The maximum Gasteiger partial charge on any atom is 0.251 e. The molecule has 1 saturated heterocycles. The van der Waals surface area contributed by atoms with Crippen LogP contribution in [-0.4, -0.2) is 24.7 Å². The van der Waals surface area contributed by atoms with Crippen molar-refractivity contribution in [3.63, 3.8) is 0 Å². The number of amides is 1. The molecule has 0 saturated carbocycles. The quantitative estimate of drug-likeness (QED) is 0.910. The van der Waals surface area contributed by atoms with Crippen molar-refractivity contribution in [3.05, 3.63) is 33.3 Å². The van der Waals surface area contributed by atoms with Crippen LogP contribution in [0.25, 0.3) is 0 Å². The van der Waals surface area contributed by atoms with Gasteiger partial charge in [-0.05, 0) is 47.5 Å². The average Bonchev–Trinajstić information content (AvgIpc) is 2.68. The molecule has 1 aromatic carbocycles. The Morgan fingerprint density at radius 3 is 2.94 bits per heavy atom. The first kappa shape index (κ1) is 12.9. The van der Waals surface area contributed by atoms with E-state index < -0.39 is 0 Å². The minimum absolute atomic E-state index is 0.0740. The zero-order chi connectivity index (χ0) is 12.4. The number of carbonyl (C=O) groups excluding carboxylic acids is 1. The monoisotopic (exact) mass is 317 g/mol. The van der Waals surface area contributed by atoms with Gasteiger partial charge in [0, 0.05) is 16.6 Å². The highest BCUT2D eigenvalue weighted by atomic mass is 79.9. The third-order valence-corrected chi connectivity index (χ3v) is 4.11. The molecule has 5 heteroatoms. The van der Waals surface area contributed by atoms with E-state index in [1.165, 1.54) is 0 Å². The third kappa shape index (κ3) is 3.00. The highest BCUT2D eigenvalue weighted by Gasteiger charge is 2.26. The minimum atomic E-state index is -0.109. The van der Waals surface area contributed by atoms with Gasteiger partial charge in [0.15, 0.2) is 0 Å². The fourth-order valence-electron chi connectivity index (χ4n) is 1.81. The fraction of sp³-hybridized carbons (Fsp3) is 0.417.